The zero-order valence-corrected chi connectivity index (χ0v) is 20.6. The number of hydrogen-bond donors (Lipinski definition) is 0. The third-order valence-corrected chi connectivity index (χ3v) is 8.73. The van der Waals surface area contributed by atoms with Crippen molar-refractivity contribution in [3.63, 3.8) is 0 Å². The number of hydrogen-bond acceptors (Lipinski definition) is 6. The number of halogens is 1. The van der Waals surface area contributed by atoms with E-state index in [1.54, 1.807) is 24.3 Å². The predicted octanol–water partition coefficient (Wildman–Crippen LogP) is 3.40. The second-order valence-corrected chi connectivity index (χ2v) is 11.9. The molecule has 0 aliphatic heterocycles. The van der Waals surface area contributed by atoms with Crippen LogP contribution in [0, 0.1) is 0 Å². The van der Waals surface area contributed by atoms with Gasteiger partial charge < -0.3 is 4.42 Å². The highest BCUT2D eigenvalue weighted by Crippen LogP contribution is 2.34. The largest absolute Gasteiger partial charge is 0.439 e. The van der Waals surface area contributed by atoms with Gasteiger partial charge in [0.2, 0.25) is 25.9 Å². The summed E-state index contributed by atoms with van der Waals surface area (Å²) in [5.41, 5.74) is 1.86. The molecule has 1 heterocycles. The van der Waals surface area contributed by atoms with Crippen LogP contribution in [-0.4, -0.2) is 58.6 Å². The van der Waals surface area contributed by atoms with Gasteiger partial charge in [0.05, 0.1) is 15.1 Å². The maximum atomic E-state index is 12.3. The molecule has 0 fully saturated rings. The smallest absolute Gasteiger partial charge is 0.242 e. The van der Waals surface area contributed by atoms with Crippen LogP contribution in [0.25, 0.3) is 22.6 Å². The Balaban J connectivity index is 2.05. The van der Waals surface area contributed by atoms with E-state index < -0.39 is 20.0 Å². The van der Waals surface area contributed by atoms with Gasteiger partial charge >= 0.3 is 0 Å². The molecule has 0 bridgehead atoms. The van der Waals surface area contributed by atoms with Crippen LogP contribution >= 0.6 is 15.9 Å². The van der Waals surface area contributed by atoms with Crippen molar-refractivity contribution in [1.29, 1.82) is 0 Å². The molecule has 0 unspecified atom stereocenters. The lowest BCUT2D eigenvalue weighted by Crippen LogP contribution is -2.22. The van der Waals surface area contributed by atoms with Gasteiger partial charge in [-0.25, -0.2) is 30.4 Å². The Kier molecular flexibility index (Phi) is 6.72. The molecule has 0 N–H and O–H groups in total. The summed E-state index contributed by atoms with van der Waals surface area (Å²) in [5.74, 6) is 0.909. The first-order chi connectivity index (χ1) is 14.5. The average molecular weight is 528 g/mol. The van der Waals surface area contributed by atoms with Crippen molar-refractivity contribution >= 4 is 36.0 Å². The summed E-state index contributed by atoms with van der Waals surface area (Å²) >= 11 is 3.33. The van der Waals surface area contributed by atoms with Crippen LogP contribution in [0.4, 0.5) is 0 Å². The number of nitrogens with zero attached hydrogens (tertiary/aromatic N) is 3. The molecule has 0 saturated carbocycles. The van der Waals surface area contributed by atoms with Crippen LogP contribution in [0.15, 0.2) is 62.7 Å². The number of oxazole rings is 1. The van der Waals surface area contributed by atoms with E-state index >= 15 is 0 Å². The minimum atomic E-state index is -3.54. The molecule has 0 aliphatic rings. The van der Waals surface area contributed by atoms with Crippen molar-refractivity contribution in [1.82, 2.24) is 13.6 Å². The maximum absolute atomic E-state index is 12.3. The lowest BCUT2D eigenvalue weighted by Gasteiger charge is -2.12. The zero-order valence-electron chi connectivity index (χ0n) is 17.4. The van der Waals surface area contributed by atoms with Crippen molar-refractivity contribution in [3.8, 4) is 22.6 Å². The van der Waals surface area contributed by atoms with Crippen LogP contribution < -0.4 is 0 Å². The SMILES string of the molecule is CN(C)S(=O)(=O)c1ccc(-c2nc(CBr)oc2-c2ccc(S(=O)(=O)N(C)C)cc2)cc1. The summed E-state index contributed by atoms with van der Waals surface area (Å²) in [5, 5.41) is 0.389. The van der Waals surface area contributed by atoms with E-state index in [2.05, 4.69) is 20.9 Å². The van der Waals surface area contributed by atoms with Crippen LogP contribution in [-0.2, 0) is 25.4 Å². The summed E-state index contributed by atoms with van der Waals surface area (Å²) in [6.45, 7) is 0. The Morgan fingerprint density at radius 1 is 0.774 bits per heavy atom. The van der Waals surface area contributed by atoms with Gasteiger partial charge in [-0.3, -0.25) is 0 Å². The first-order valence-corrected chi connectivity index (χ1v) is 13.1. The standard InChI is InChI=1S/C20H22BrN3O5S2/c1-23(2)30(25,26)16-9-5-14(6-10-16)19-20(29-18(13-21)22-19)15-7-11-17(12-8-15)31(27,28)24(3)4/h5-12H,13H2,1-4H3. The highest BCUT2D eigenvalue weighted by atomic mass is 79.9. The molecule has 0 radical (unpaired) electrons. The molecule has 0 aliphatic carbocycles. The molecule has 0 saturated heterocycles. The van der Waals surface area contributed by atoms with Gasteiger partial charge in [-0.15, -0.1) is 0 Å². The maximum Gasteiger partial charge on any atom is 0.242 e. The van der Waals surface area contributed by atoms with E-state index in [9.17, 15) is 16.8 Å². The van der Waals surface area contributed by atoms with Crippen LogP contribution in [0.2, 0.25) is 0 Å². The third-order valence-electron chi connectivity index (χ3n) is 4.59. The summed E-state index contributed by atoms with van der Waals surface area (Å²) in [6, 6.07) is 12.7. The van der Waals surface area contributed by atoms with Crippen LogP contribution in [0.3, 0.4) is 0 Å². The van der Waals surface area contributed by atoms with Gasteiger partial charge in [0.25, 0.3) is 0 Å². The van der Waals surface area contributed by atoms with Crippen molar-refractivity contribution in [2.75, 3.05) is 28.2 Å². The average Bonchev–Trinajstić information content (AvgIpc) is 3.18. The van der Waals surface area contributed by atoms with Gasteiger partial charge in [-0.1, -0.05) is 28.1 Å². The number of sulfonamides is 2. The molecule has 0 atom stereocenters. The van der Waals surface area contributed by atoms with Gasteiger partial charge in [0.15, 0.2) is 5.76 Å². The Hall–Kier alpha value is -2.05. The van der Waals surface area contributed by atoms with Crippen molar-refractivity contribution in [3.05, 3.63) is 54.4 Å². The van der Waals surface area contributed by atoms with Gasteiger partial charge in [-0.05, 0) is 36.4 Å². The molecular formula is C20H22BrN3O5S2. The molecule has 8 nitrogen and oxygen atoms in total. The Bertz CT molecular complexity index is 1180. The fraction of sp³-hybridized carbons (Fsp3) is 0.250. The predicted molar refractivity (Wildman–Crippen MR) is 122 cm³/mol. The molecule has 0 spiro atoms. The molecule has 0 amide bonds. The normalized spacial score (nSPS) is 12.6. The molecule has 31 heavy (non-hydrogen) atoms. The number of benzene rings is 2. The van der Waals surface area contributed by atoms with Crippen LogP contribution in [0.1, 0.15) is 5.89 Å². The van der Waals surface area contributed by atoms with Gasteiger partial charge in [0.1, 0.15) is 5.69 Å². The number of aromatic nitrogens is 1. The second kappa shape index (κ2) is 8.83. The van der Waals surface area contributed by atoms with Crippen molar-refractivity contribution in [2.45, 2.75) is 15.1 Å². The quantitative estimate of drug-likeness (QED) is 0.436. The fourth-order valence-electron chi connectivity index (χ4n) is 2.80. The fourth-order valence-corrected chi connectivity index (χ4v) is 4.84. The highest BCUT2D eigenvalue weighted by Gasteiger charge is 2.21. The molecule has 1 aromatic heterocycles. The minimum absolute atomic E-state index is 0.168. The lowest BCUT2D eigenvalue weighted by atomic mass is 10.1. The minimum Gasteiger partial charge on any atom is -0.439 e. The molecule has 2 aromatic carbocycles. The van der Waals surface area contributed by atoms with E-state index in [4.69, 9.17) is 4.42 Å². The third kappa shape index (κ3) is 4.60. The van der Waals surface area contributed by atoms with Gasteiger partial charge in [-0.2, -0.15) is 0 Å². The number of rotatable bonds is 7. The highest BCUT2D eigenvalue weighted by molar-refractivity contribution is 9.08. The van der Waals surface area contributed by atoms with Crippen LogP contribution in [0.5, 0.6) is 0 Å². The Morgan fingerprint density at radius 3 is 1.58 bits per heavy atom. The summed E-state index contributed by atoms with van der Waals surface area (Å²) in [6.07, 6.45) is 0. The molecule has 3 aromatic rings. The lowest BCUT2D eigenvalue weighted by molar-refractivity contribution is 0.519. The van der Waals surface area contributed by atoms with Gasteiger partial charge in [0, 0.05) is 39.3 Å². The second-order valence-electron chi connectivity index (χ2n) is 7.04. The van der Waals surface area contributed by atoms with E-state index in [0.29, 0.717) is 33.8 Å². The molecular weight excluding hydrogens is 506 g/mol. The Labute approximate surface area is 190 Å². The van der Waals surface area contributed by atoms with Crippen molar-refractivity contribution < 1.29 is 21.3 Å². The molecule has 166 valence electrons. The van der Waals surface area contributed by atoms with E-state index in [1.807, 2.05) is 0 Å². The summed E-state index contributed by atoms with van der Waals surface area (Å²) in [7, 11) is -1.19. The topological polar surface area (TPSA) is 101 Å². The summed E-state index contributed by atoms with van der Waals surface area (Å²) < 4.78 is 57.4. The molecule has 11 heteroatoms. The zero-order chi connectivity index (χ0) is 23.0. The van der Waals surface area contributed by atoms with E-state index in [0.717, 1.165) is 8.61 Å². The first-order valence-electron chi connectivity index (χ1n) is 9.10. The Morgan fingerprint density at radius 2 is 1.19 bits per heavy atom. The first kappa shape index (κ1) is 23.6. The molecule has 3 rings (SSSR count). The van der Waals surface area contributed by atoms with E-state index in [-0.39, 0.29) is 9.79 Å². The van der Waals surface area contributed by atoms with E-state index in [1.165, 1.54) is 52.5 Å². The monoisotopic (exact) mass is 527 g/mol. The summed E-state index contributed by atoms with van der Waals surface area (Å²) in [4.78, 5) is 4.84. The number of alkyl halides is 1. The van der Waals surface area contributed by atoms with Crippen molar-refractivity contribution in [2.24, 2.45) is 0 Å².